The number of halogens is 1. The fraction of sp³-hybridized carbons (Fsp3) is 0.368. The van der Waals surface area contributed by atoms with Crippen molar-refractivity contribution in [2.75, 3.05) is 26.2 Å². The third-order valence-electron chi connectivity index (χ3n) is 4.67. The Morgan fingerprint density at radius 3 is 2.44 bits per heavy atom. The molecule has 1 aliphatic heterocycles. The van der Waals surface area contributed by atoms with Gasteiger partial charge in [0.25, 0.3) is 5.91 Å². The highest BCUT2D eigenvalue weighted by Gasteiger charge is 2.32. The van der Waals surface area contributed by atoms with Crippen molar-refractivity contribution in [3.8, 4) is 11.5 Å². The maximum absolute atomic E-state index is 13.0. The first-order valence-corrected chi connectivity index (χ1v) is 8.61. The second-order valence-corrected chi connectivity index (χ2v) is 6.52. The van der Waals surface area contributed by atoms with Crippen LogP contribution in [-0.2, 0) is 0 Å². The van der Waals surface area contributed by atoms with Crippen LogP contribution in [-0.4, -0.2) is 52.9 Å². The van der Waals surface area contributed by atoms with Crippen molar-refractivity contribution < 1.29 is 13.9 Å². The predicted molar refractivity (Wildman–Crippen MR) is 91.2 cm³/mol. The lowest BCUT2D eigenvalue weighted by Gasteiger charge is -2.34. The summed E-state index contributed by atoms with van der Waals surface area (Å²) >= 11 is 0. The number of aromatic nitrogens is 1. The van der Waals surface area contributed by atoms with Gasteiger partial charge in [-0.15, -0.1) is 0 Å². The number of carbonyl (C=O) groups excluding carboxylic acids is 1. The van der Waals surface area contributed by atoms with E-state index in [1.165, 1.54) is 25.0 Å². The minimum absolute atomic E-state index is 0.0208. The van der Waals surface area contributed by atoms with Gasteiger partial charge in [0.05, 0.1) is 11.8 Å². The van der Waals surface area contributed by atoms with Crippen LogP contribution in [0.15, 0.2) is 42.7 Å². The smallest absolute Gasteiger partial charge is 0.255 e. The summed E-state index contributed by atoms with van der Waals surface area (Å²) in [5, 5.41) is 0. The van der Waals surface area contributed by atoms with Gasteiger partial charge in [0.2, 0.25) is 0 Å². The molecule has 2 fully saturated rings. The van der Waals surface area contributed by atoms with E-state index in [1.54, 1.807) is 30.6 Å². The number of ether oxygens (including phenoxy) is 1. The molecule has 0 bridgehead atoms. The molecule has 1 aromatic carbocycles. The molecule has 130 valence electrons. The van der Waals surface area contributed by atoms with Crippen LogP contribution in [0.4, 0.5) is 4.39 Å². The van der Waals surface area contributed by atoms with E-state index < -0.39 is 0 Å². The summed E-state index contributed by atoms with van der Waals surface area (Å²) in [4.78, 5) is 21.2. The Morgan fingerprint density at radius 1 is 1.04 bits per heavy atom. The molecule has 0 unspecified atom stereocenters. The van der Waals surface area contributed by atoms with Crippen molar-refractivity contribution in [2.45, 2.75) is 18.9 Å². The van der Waals surface area contributed by atoms with Crippen LogP contribution in [0, 0.1) is 5.82 Å². The van der Waals surface area contributed by atoms with Gasteiger partial charge in [0, 0.05) is 38.4 Å². The number of carbonyl (C=O) groups is 1. The highest BCUT2D eigenvalue weighted by molar-refractivity contribution is 5.94. The van der Waals surface area contributed by atoms with Gasteiger partial charge in [-0.1, -0.05) is 0 Å². The number of piperazine rings is 1. The molecular weight excluding hydrogens is 321 g/mol. The number of rotatable bonds is 4. The van der Waals surface area contributed by atoms with Crippen LogP contribution in [0.1, 0.15) is 23.2 Å². The zero-order valence-corrected chi connectivity index (χ0v) is 13.9. The molecule has 4 rings (SSSR count). The van der Waals surface area contributed by atoms with E-state index in [4.69, 9.17) is 4.74 Å². The SMILES string of the molecule is O=C(c1cncc(Oc2ccc(F)cc2)c1)N1CCN(C2CC2)CC1. The number of hydrogen-bond acceptors (Lipinski definition) is 4. The molecule has 1 aliphatic carbocycles. The Kier molecular flexibility index (Phi) is 4.36. The molecule has 0 N–H and O–H groups in total. The molecule has 5 nitrogen and oxygen atoms in total. The maximum Gasteiger partial charge on any atom is 0.255 e. The van der Waals surface area contributed by atoms with E-state index in [0.717, 1.165) is 32.2 Å². The second kappa shape index (κ2) is 6.80. The molecule has 0 spiro atoms. The zero-order chi connectivity index (χ0) is 17.2. The third-order valence-corrected chi connectivity index (χ3v) is 4.67. The standard InChI is InChI=1S/C19H20FN3O2/c20-15-1-5-17(6-2-15)25-18-11-14(12-21-13-18)19(24)23-9-7-22(8-10-23)16-3-4-16/h1-2,5-6,11-13,16H,3-4,7-10H2. The number of amides is 1. The minimum Gasteiger partial charge on any atom is -0.456 e. The number of benzene rings is 1. The number of pyridine rings is 1. The van der Waals surface area contributed by atoms with E-state index in [2.05, 4.69) is 9.88 Å². The topological polar surface area (TPSA) is 45.7 Å². The Morgan fingerprint density at radius 2 is 1.76 bits per heavy atom. The Labute approximate surface area is 146 Å². The second-order valence-electron chi connectivity index (χ2n) is 6.52. The average molecular weight is 341 g/mol. The van der Waals surface area contributed by atoms with Crippen molar-refractivity contribution >= 4 is 5.91 Å². The molecule has 0 atom stereocenters. The highest BCUT2D eigenvalue weighted by atomic mass is 19.1. The summed E-state index contributed by atoms with van der Waals surface area (Å²) in [6, 6.07) is 8.17. The van der Waals surface area contributed by atoms with Crippen LogP contribution < -0.4 is 4.74 Å². The number of nitrogens with zero attached hydrogens (tertiary/aromatic N) is 3. The fourth-order valence-corrected chi connectivity index (χ4v) is 3.14. The molecular formula is C19H20FN3O2. The summed E-state index contributed by atoms with van der Waals surface area (Å²) in [5.41, 5.74) is 0.513. The Balaban J connectivity index is 1.41. The van der Waals surface area contributed by atoms with Crippen LogP contribution in [0.3, 0.4) is 0 Å². The van der Waals surface area contributed by atoms with Crippen LogP contribution in [0.2, 0.25) is 0 Å². The Hall–Kier alpha value is -2.47. The van der Waals surface area contributed by atoms with Crippen LogP contribution >= 0.6 is 0 Å². The summed E-state index contributed by atoms with van der Waals surface area (Å²) in [6.45, 7) is 3.38. The molecule has 1 aromatic heterocycles. The zero-order valence-electron chi connectivity index (χ0n) is 13.9. The molecule has 1 amide bonds. The largest absolute Gasteiger partial charge is 0.456 e. The van der Waals surface area contributed by atoms with Crippen molar-refractivity contribution in [3.05, 3.63) is 54.1 Å². The van der Waals surface area contributed by atoms with Gasteiger partial charge in [0.1, 0.15) is 17.3 Å². The first kappa shape index (κ1) is 16.0. The van der Waals surface area contributed by atoms with Crippen molar-refractivity contribution in [3.63, 3.8) is 0 Å². The summed E-state index contributed by atoms with van der Waals surface area (Å²) in [6.07, 6.45) is 5.69. The maximum atomic E-state index is 13.0. The van der Waals surface area contributed by atoms with E-state index >= 15 is 0 Å². The average Bonchev–Trinajstić information content (AvgIpc) is 3.49. The van der Waals surface area contributed by atoms with Crippen LogP contribution in [0.25, 0.3) is 0 Å². The van der Waals surface area contributed by atoms with Crippen molar-refractivity contribution in [1.29, 1.82) is 0 Å². The van der Waals surface area contributed by atoms with Gasteiger partial charge in [-0.2, -0.15) is 0 Å². The van der Waals surface area contributed by atoms with Gasteiger partial charge < -0.3 is 9.64 Å². The van der Waals surface area contributed by atoms with E-state index in [1.807, 2.05) is 4.90 Å². The monoisotopic (exact) mass is 341 g/mol. The van der Waals surface area contributed by atoms with E-state index in [-0.39, 0.29) is 11.7 Å². The summed E-state index contributed by atoms with van der Waals surface area (Å²) < 4.78 is 18.6. The predicted octanol–water partition coefficient (Wildman–Crippen LogP) is 2.93. The quantitative estimate of drug-likeness (QED) is 0.858. The molecule has 1 saturated heterocycles. The van der Waals surface area contributed by atoms with Gasteiger partial charge in [-0.05, 0) is 43.2 Å². The number of hydrogen-bond donors (Lipinski definition) is 0. The third kappa shape index (κ3) is 3.79. The van der Waals surface area contributed by atoms with Gasteiger partial charge in [0.15, 0.2) is 0 Å². The van der Waals surface area contributed by atoms with Gasteiger partial charge >= 0.3 is 0 Å². The van der Waals surface area contributed by atoms with E-state index in [0.29, 0.717) is 17.1 Å². The lowest BCUT2D eigenvalue weighted by Crippen LogP contribution is -2.49. The van der Waals surface area contributed by atoms with Gasteiger partial charge in [-0.3, -0.25) is 14.7 Å². The van der Waals surface area contributed by atoms with Crippen molar-refractivity contribution in [1.82, 2.24) is 14.8 Å². The van der Waals surface area contributed by atoms with Gasteiger partial charge in [-0.25, -0.2) is 4.39 Å². The molecule has 2 aromatic rings. The molecule has 25 heavy (non-hydrogen) atoms. The first-order valence-electron chi connectivity index (χ1n) is 8.61. The van der Waals surface area contributed by atoms with Crippen molar-refractivity contribution in [2.24, 2.45) is 0 Å². The lowest BCUT2D eigenvalue weighted by atomic mass is 10.2. The molecule has 2 aliphatic rings. The fourth-order valence-electron chi connectivity index (χ4n) is 3.14. The molecule has 6 heteroatoms. The first-order chi connectivity index (χ1) is 12.2. The molecule has 2 heterocycles. The molecule has 1 saturated carbocycles. The van der Waals surface area contributed by atoms with E-state index in [9.17, 15) is 9.18 Å². The summed E-state index contributed by atoms with van der Waals surface area (Å²) in [7, 11) is 0. The highest BCUT2D eigenvalue weighted by Crippen LogP contribution is 2.28. The lowest BCUT2D eigenvalue weighted by molar-refractivity contribution is 0.0626. The Bertz CT molecular complexity index is 754. The van der Waals surface area contributed by atoms with Crippen LogP contribution in [0.5, 0.6) is 11.5 Å². The summed E-state index contributed by atoms with van der Waals surface area (Å²) in [5.74, 6) is 0.632. The molecule has 0 radical (unpaired) electrons. The normalized spacial score (nSPS) is 18.2. The minimum atomic E-state index is -0.320.